The molecule has 174 valence electrons. The number of aliphatic carboxylic acids is 1. The zero-order valence-electron chi connectivity index (χ0n) is 19.7. The molecule has 0 bridgehead atoms. The predicted molar refractivity (Wildman–Crippen MR) is 120 cm³/mol. The van der Waals surface area contributed by atoms with E-state index in [1.54, 1.807) is 0 Å². The zero-order valence-corrected chi connectivity index (χ0v) is 19.7. The Kier molecular flexibility index (Phi) is 7.93. The molecular formula is C26H46O4. The monoisotopic (exact) mass is 422 g/mol. The van der Waals surface area contributed by atoms with Crippen molar-refractivity contribution in [1.29, 1.82) is 0 Å². The summed E-state index contributed by atoms with van der Waals surface area (Å²) in [7, 11) is 0. The second-order valence-corrected chi connectivity index (χ2v) is 11.4. The van der Waals surface area contributed by atoms with Gasteiger partial charge in [0, 0.05) is 6.42 Å². The molecule has 3 aliphatic carbocycles. The fourth-order valence-electron chi connectivity index (χ4n) is 8.02. The molecule has 3 saturated carbocycles. The molecule has 0 aromatic rings. The van der Waals surface area contributed by atoms with Gasteiger partial charge in [-0.25, -0.2) is 0 Å². The van der Waals surface area contributed by atoms with Crippen LogP contribution in [-0.4, -0.2) is 33.5 Å². The Hall–Kier alpha value is -0.610. The molecule has 4 nitrogen and oxygen atoms in total. The Balaban J connectivity index is 1.81. The van der Waals surface area contributed by atoms with Crippen LogP contribution in [0, 0.1) is 46.8 Å². The van der Waals surface area contributed by atoms with Gasteiger partial charge in [-0.2, -0.15) is 0 Å². The van der Waals surface area contributed by atoms with Crippen LogP contribution in [0.3, 0.4) is 0 Å². The first-order chi connectivity index (χ1) is 14.2. The Morgan fingerprint density at radius 3 is 2.50 bits per heavy atom. The smallest absolute Gasteiger partial charge is 0.303 e. The average Bonchev–Trinajstić information content (AvgIpc) is 2.78. The summed E-state index contributed by atoms with van der Waals surface area (Å²) < 4.78 is 0. The van der Waals surface area contributed by atoms with Crippen molar-refractivity contribution in [2.45, 2.75) is 111 Å². The largest absolute Gasteiger partial charge is 0.481 e. The highest BCUT2D eigenvalue weighted by molar-refractivity contribution is 5.66. The summed E-state index contributed by atoms with van der Waals surface area (Å²) >= 11 is 0. The SMILES string of the molecule is CC[C@H]1[C@@H](O)[C@H]2[C@@H](C)CC[C@H]([C@H](C)CCC(=O)O)CCC[C@@H]2[C@@]2(C)CC[C@@H](O)C[C@@H]12. The molecule has 0 amide bonds. The quantitative estimate of drug-likeness (QED) is 0.546. The van der Waals surface area contributed by atoms with Gasteiger partial charge >= 0.3 is 5.97 Å². The van der Waals surface area contributed by atoms with Crippen LogP contribution >= 0.6 is 0 Å². The van der Waals surface area contributed by atoms with Crippen LogP contribution in [0.15, 0.2) is 0 Å². The van der Waals surface area contributed by atoms with Crippen LogP contribution in [0.25, 0.3) is 0 Å². The summed E-state index contributed by atoms with van der Waals surface area (Å²) in [4.78, 5) is 11.0. The van der Waals surface area contributed by atoms with Gasteiger partial charge < -0.3 is 15.3 Å². The first kappa shape index (κ1) is 24.0. The molecule has 3 rings (SSSR count). The van der Waals surface area contributed by atoms with E-state index in [0.29, 0.717) is 41.4 Å². The van der Waals surface area contributed by atoms with Crippen molar-refractivity contribution in [3.63, 3.8) is 0 Å². The third-order valence-electron chi connectivity index (χ3n) is 9.88. The van der Waals surface area contributed by atoms with Crippen LogP contribution in [0.4, 0.5) is 0 Å². The topological polar surface area (TPSA) is 77.8 Å². The van der Waals surface area contributed by atoms with E-state index >= 15 is 0 Å². The summed E-state index contributed by atoms with van der Waals surface area (Å²) in [6, 6.07) is 0. The minimum atomic E-state index is -0.684. The number of aliphatic hydroxyl groups excluding tert-OH is 2. The molecule has 3 fully saturated rings. The lowest BCUT2D eigenvalue weighted by Crippen LogP contribution is -2.58. The Morgan fingerprint density at radius 1 is 1.10 bits per heavy atom. The van der Waals surface area contributed by atoms with Crippen LogP contribution in [0.1, 0.15) is 98.3 Å². The Bertz CT molecular complexity index is 577. The van der Waals surface area contributed by atoms with E-state index in [4.69, 9.17) is 5.11 Å². The standard InChI is InChI=1S/C26H46O4/c1-5-20-22-15-19(27)13-14-26(22,4)21-8-6-7-18(16(2)10-12-23(28)29)11-9-17(3)24(21)25(20)30/h16-22,24-25,27,30H,5-15H2,1-4H3,(H,28,29)/t16-,17+,18-,19-,20-,21+,22+,24+,25-,26-/m1/s1. The van der Waals surface area contributed by atoms with Gasteiger partial charge in [-0.05, 0) is 85.4 Å². The molecule has 3 aliphatic rings. The first-order valence-electron chi connectivity index (χ1n) is 12.8. The van der Waals surface area contributed by atoms with Crippen molar-refractivity contribution in [2.75, 3.05) is 0 Å². The second kappa shape index (κ2) is 9.90. The van der Waals surface area contributed by atoms with Crippen molar-refractivity contribution in [3.8, 4) is 0 Å². The Morgan fingerprint density at radius 2 is 1.83 bits per heavy atom. The molecule has 3 N–H and O–H groups in total. The van der Waals surface area contributed by atoms with E-state index in [0.717, 1.165) is 44.9 Å². The number of hydrogen-bond donors (Lipinski definition) is 3. The maximum Gasteiger partial charge on any atom is 0.303 e. The summed E-state index contributed by atoms with van der Waals surface area (Å²) in [5.41, 5.74) is 0.229. The molecule has 0 heterocycles. The molecule has 0 aromatic heterocycles. The lowest BCUT2D eigenvalue weighted by Gasteiger charge is -2.60. The minimum Gasteiger partial charge on any atom is -0.481 e. The van der Waals surface area contributed by atoms with Crippen molar-refractivity contribution < 1.29 is 20.1 Å². The van der Waals surface area contributed by atoms with Crippen LogP contribution in [-0.2, 0) is 4.79 Å². The van der Waals surface area contributed by atoms with Crippen molar-refractivity contribution >= 4 is 5.97 Å². The lowest BCUT2D eigenvalue weighted by molar-refractivity contribution is -0.173. The van der Waals surface area contributed by atoms with Gasteiger partial charge in [0.2, 0.25) is 0 Å². The number of carboxylic acid groups (broad SMARTS) is 1. The molecule has 0 unspecified atom stereocenters. The maximum atomic E-state index is 11.6. The fraction of sp³-hybridized carbons (Fsp3) is 0.962. The third kappa shape index (κ3) is 4.75. The Labute approximate surface area is 183 Å². The molecule has 0 aliphatic heterocycles. The first-order valence-corrected chi connectivity index (χ1v) is 12.8. The number of aliphatic hydroxyl groups is 2. The van der Waals surface area contributed by atoms with Crippen molar-refractivity contribution in [3.05, 3.63) is 0 Å². The summed E-state index contributed by atoms with van der Waals surface area (Å²) in [5.74, 6) is 2.50. The normalized spacial score (nSPS) is 45.9. The van der Waals surface area contributed by atoms with E-state index < -0.39 is 5.97 Å². The molecule has 30 heavy (non-hydrogen) atoms. The number of rotatable bonds is 5. The third-order valence-corrected chi connectivity index (χ3v) is 9.88. The van der Waals surface area contributed by atoms with E-state index in [1.165, 1.54) is 19.3 Å². The van der Waals surface area contributed by atoms with Crippen molar-refractivity contribution in [1.82, 2.24) is 0 Å². The van der Waals surface area contributed by atoms with Gasteiger partial charge in [0.25, 0.3) is 0 Å². The number of carboxylic acids is 1. The van der Waals surface area contributed by atoms with E-state index in [9.17, 15) is 15.0 Å². The molecule has 0 aromatic carbocycles. The molecular weight excluding hydrogens is 376 g/mol. The van der Waals surface area contributed by atoms with Crippen LogP contribution in [0.5, 0.6) is 0 Å². The van der Waals surface area contributed by atoms with E-state index in [2.05, 4.69) is 27.7 Å². The molecule has 0 spiro atoms. The van der Waals surface area contributed by atoms with Crippen LogP contribution < -0.4 is 0 Å². The highest BCUT2D eigenvalue weighted by atomic mass is 16.4. The molecule has 10 atom stereocenters. The average molecular weight is 423 g/mol. The second-order valence-electron chi connectivity index (χ2n) is 11.4. The van der Waals surface area contributed by atoms with Gasteiger partial charge in [-0.15, -0.1) is 0 Å². The predicted octanol–water partition coefficient (Wildman–Crippen LogP) is 5.50. The highest BCUT2D eigenvalue weighted by Gasteiger charge is 2.57. The van der Waals surface area contributed by atoms with E-state index in [1.807, 2.05) is 0 Å². The molecule has 4 heteroatoms. The van der Waals surface area contributed by atoms with Crippen LogP contribution in [0.2, 0.25) is 0 Å². The molecule has 0 saturated heterocycles. The fourth-order valence-corrected chi connectivity index (χ4v) is 8.02. The van der Waals surface area contributed by atoms with Gasteiger partial charge in [0.15, 0.2) is 0 Å². The van der Waals surface area contributed by atoms with E-state index in [-0.39, 0.29) is 24.0 Å². The highest BCUT2D eigenvalue weighted by Crippen LogP contribution is 2.61. The maximum absolute atomic E-state index is 11.6. The van der Waals surface area contributed by atoms with Gasteiger partial charge in [0.1, 0.15) is 0 Å². The number of hydrogen-bond acceptors (Lipinski definition) is 3. The van der Waals surface area contributed by atoms with Gasteiger partial charge in [-0.1, -0.05) is 53.4 Å². The number of fused-ring (bicyclic) bond motifs is 3. The number of carbonyl (C=O) groups is 1. The van der Waals surface area contributed by atoms with Gasteiger partial charge in [-0.3, -0.25) is 4.79 Å². The summed E-state index contributed by atoms with van der Waals surface area (Å²) in [6.07, 6.45) is 10.3. The van der Waals surface area contributed by atoms with Gasteiger partial charge in [0.05, 0.1) is 12.2 Å². The lowest BCUT2D eigenvalue weighted by atomic mass is 9.45. The minimum absolute atomic E-state index is 0.200. The molecule has 0 radical (unpaired) electrons. The zero-order chi connectivity index (χ0) is 22.1. The van der Waals surface area contributed by atoms with Crippen molar-refractivity contribution in [2.24, 2.45) is 46.8 Å². The summed E-state index contributed by atoms with van der Waals surface area (Å²) in [6.45, 7) is 9.30. The summed E-state index contributed by atoms with van der Waals surface area (Å²) in [5, 5.41) is 31.1.